The summed E-state index contributed by atoms with van der Waals surface area (Å²) in [6, 6.07) is 6.96. The third-order valence-corrected chi connectivity index (χ3v) is 5.15. The maximum atomic E-state index is 12.8. The summed E-state index contributed by atoms with van der Waals surface area (Å²) in [6.45, 7) is 0.571. The Morgan fingerprint density at radius 3 is 2.76 bits per heavy atom. The van der Waals surface area contributed by atoms with E-state index in [9.17, 15) is 23.1 Å². The first-order chi connectivity index (χ1) is 13.8. The van der Waals surface area contributed by atoms with E-state index in [-0.39, 0.29) is 17.7 Å². The molecule has 1 N–H and O–H groups in total. The van der Waals surface area contributed by atoms with Crippen LogP contribution in [0.4, 0.5) is 13.2 Å². The molecule has 0 aromatic heterocycles. The van der Waals surface area contributed by atoms with Crippen LogP contribution in [0.2, 0.25) is 0 Å². The molecular formula is C22H27F3N2O2. The van der Waals surface area contributed by atoms with Gasteiger partial charge in [-0.25, -0.2) is 0 Å². The highest BCUT2D eigenvalue weighted by Gasteiger charge is 2.33. The van der Waals surface area contributed by atoms with Crippen LogP contribution in [0.1, 0.15) is 62.5 Å². The summed E-state index contributed by atoms with van der Waals surface area (Å²) in [5.41, 5.74) is -0.119. The Labute approximate surface area is 169 Å². The van der Waals surface area contributed by atoms with Gasteiger partial charge >= 0.3 is 6.18 Å². The Kier molecular flexibility index (Phi) is 8.56. The number of rotatable bonds is 10. The number of aryl methyl sites for hydroxylation is 1. The van der Waals surface area contributed by atoms with Gasteiger partial charge in [-0.3, -0.25) is 4.79 Å². The molecule has 1 aromatic rings. The van der Waals surface area contributed by atoms with Crippen molar-refractivity contribution >= 4 is 5.91 Å². The van der Waals surface area contributed by atoms with Gasteiger partial charge in [0, 0.05) is 19.4 Å². The summed E-state index contributed by atoms with van der Waals surface area (Å²) >= 11 is 0. The molecule has 2 rings (SSSR count). The average molecular weight is 408 g/mol. The zero-order valence-corrected chi connectivity index (χ0v) is 16.4. The SMILES string of the molecule is N#CCCCCCCN1C(=O)CC[C@@H]1C(O)=CCCc1cccc(C(F)(F)F)c1. The molecule has 4 nitrogen and oxygen atoms in total. The Balaban J connectivity index is 1.86. The molecule has 0 aliphatic carbocycles. The van der Waals surface area contributed by atoms with Crippen LogP contribution in [0.5, 0.6) is 0 Å². The lowest BCUT2D eigenvalue weighted by Crippen LogP contribution is -2.35. The Bertz CT molecular complexity index is 753. The van der Waals surface area contributed by atoms with Gasteiger partial charge in [0.05, 0.1) is 17.7 Å². The summed E-state index contributed by atoms with van der Waals surface area (Å²) in [6.07, 6.45) is 3.08. The number of carbonyl (C=O) groups excluding carboxylic acids is 1. The highest BCUT2D eigenvalue weighted by atomic mass is 19.4. The van der Waals surface area contributed by atoms with Crippen LogP contribution in [-0.2, 0) is 17.4 Å². The Hall–Kier alpha value is -2.49. The first-order valence-corrected chi connectivity index (χ1v) is 10.0. The number of unbranched alkanes of at least 4 members (excludes halogenated alkanes) is 4. The van der Waals surface area contributed by atoms with Crippen molar-refractivity contribution in [1.29, 1.82) is 5.26 Å². The second kappa shape index (κ2) is 10.9. The number of benzene rings is 1. The highest BCUT2D eigenvalue weighted by molar-refractivity contribution is 5.79. The molecule has 29 heavy (non-hydrogen) atoms. The van der Waals surface area contributed by atoms with Gasteiger partial charge in [-0.1, -0.05) is 31.0 Å². The molecule has 1 aliphatic heterocycles. The highest BCUT2D eigenvalue weighted by Crippen LogP contribution is 2.30. The van der Waals surface area contributed by atoms with Crippen molar-refractivity contribution in [1.82, 2.24) is 4.90 Å². The molecule has 0 radical (unpaired) electrons. The van der Waals surface area contributed by atoms with Gasteiger partial charge in [0.2, 0.25) is 5.91 Å². The van der Waals surface area contributed by atoms with Crippen molar-refractivity contribution in [3.63, 3.8) is 0 Å². The van der Waals surface area contributed by atoms with Crippen molar-refractivity contribution in [3.8, 4) is 6.07 Å². The molecular weight excluding hydrogens is 381 g/mol. The van der Waals surface area contributed by atoms with Gasteiger partial charge in [0.1, 0.15) is 5.76 Å². The number of likely N-dealkylation sites (tertiary alicyclic amines) is 1. The second-order valence-electron chi connectivity index (χ2n) is 7.33. The van der Waals surface area contributed by atoms with Gasteiger partial charge in [-0.15, -0.1) is 0 Å². The number of amides is 1. The van der Waals surface area contributed by atoms with Gasteiger partial charge in [-0.2, -0.15) is 18.4 Å². The fourth-order valence-corrected chi connectivity index (χ4v) is 3.59. The summed E-state index contributed by atoms with van der Waals surface area (Å²) in [7, 11) is 0. The van der Waals surface area contributed by atoms with Crippen molar-refractivity contribution in [2.45, 2.75) is 70.0 Å². The van der Waals surface area contributed by atoms with E-state index in [0.29, 0.717) is 44.2 Å². The predicted molar refractivity (Wildman–Crippen MR) is 104 cm³/mol. The Morgan fingerprint density at radius 1 is 1.28 bits per heavy atom. The van der Waals surface area contributed by atoms with Crippen LogP contribution in [0, 0.1) is 11.3 Å². The molecule has 1 aliphatic rings. The van der Waals surface area contributed by atoms with Crippen molar-refractivity contribution < 1.29 is 23.1 Å². The lowest BCUT2D eigenvalue weighted by molar-refractivity contribution is -0.137. The van der Waals surface area contributed by atoms with Crippen LogP contribution >= 0.6 is 0 Å². The second-order valence-corrected chi connectivity index (χ2v) is 7.33. The minimum atomic E-state index is -4.37. The number of hydrogen-bond acceptors (Lipinski definition) is 3. The van der Waals surface area contributed by atoms with Crippen LogP contribution in [0.25, 0.3) is 0 Å². The van der Waals surface area contributed by atoms with E-state index in [1.807, 2.05) is 0 Å². The normalized spacial score (nSPS) is 17.6. The maximum absolute atomic E-state index is 12.8. The fourth-order valence-electron chi connectivity index (χ4n) is 3.59. The van der Waals surface area contributed by atoms with Crippen LogP contribution in [0.15, 0.2) is 36.1 Å². The molecule has 0 spiro atoms. The van der Waals surface area contributed by atoms with E-state index in [1.54, 1.807) is 17.0 Å². The quantitative estimate of drug-likeness (QED) is 0.408. The predicted octanol–water partition coefficient (Wildman–Crippen LogP) is 5.54. The minimum absolute atomic E-state index is 0.0184. The first kappa shape index (κ1) is 22.8. The largest absolute Gasteiger partial charge is 0.510 e. The average Bonchev–Trinajstić information content (AvgIpc) is 3.05. The third kappa shape index (κ3) is 7.12. The number of allylic oxidation sites excluding steroid dienone is 1. The summed E-state index contributed by atoms with van der Waals surface area (Å²) in [4.78, 5) is 13.8. The molecule has 158 valence electrons. The van der Waals surface area contributed by atoms with E-state index < -0.39 is 11.7 Å². The molecule has 1 amide bonds. The fraction of sp³-hybridized carbons (Fsp3) is 0.545. The molecule has 1 atom stereocenters. The number of aliphatic hydroxyl groups excluding tert-OH is 1. The van der Waals surface area contributed by atoms with E-state index in [2.05, 4.69) is 6.07 Å². The topological polar surface area (TPSA) is 64.3 Å². The third-order valence-electron chi connectivity index (χ3n) is 5.15. The molecule has 0 unspecified atom stereocenters. The first-order valence-electron chi connectivity index (χ1n) is 10.0. The molecule has 1 saturated heterocycles. The number of halogens is 3. The van der Waals surface area contributed by atoms with Gasteiger partial charge < -0.3 is 10.0 Å². The molecule has 1 fully saturated rings. The van der Waals surface area contributed by atoms with Crippen molar-refractivity contribution in [2.75, 3.05) is 6.54 Å². The van der Waals surface area contributed by atoms with Crippen molar-refractivity contribution in [3.05, 3.63) is 47.2 Å². The molecule has 1 aromatic carbocycles. The summed E-state index contributed by atoms with van der Waals surface area (Å²) in [5, 5.41) is 19.0. The van der Waals surface area contributed by atoms with Gasteiger partial charge in [0.15, 0.2) is 0 Å². The minimum Gasteiger partial charge on any atom is -0.510 e. The van der Waals surface area contributed by atoms with Crippen LogP contribution < -0.4 is 0 Å². The van der Waals surface area contributed by atoms with Crippen LogP contribution in [0.3, 0.4) is 0 Å². The van der Waals surface area contributed by atoms with Crippen LogP contribution in [-0.4, -0.2) is 28.5 Å². The smallest absolute Gasteiger partial charge is 0.416 e. The molecule has 0 bridgehead atoms. The molecule has 0 saturated carbocycles. The Morgan fingerprint density at radius 2 is 2.03 bits per heavy atom. The van der Waals surface area contributed by atoms with Gasteiger partial charge in [-0.05, 0) is 49.8 Å². The number of carbonyl (C=O) groups is 1. The molecule has 1 heterocycles. The number of hydrogen-bond donors (Lipinski definition) is 1. The number of alkyl halides is 3. The number of aliphatic hydroxyl groups is 1. The number of nitrogens with zero attached hydrogens (tertiary/aromatic N) is 2. The van der Waals surface area contributed by atoms with E-state index in [1.165, 1.54) is 6.07 Å². The zero-order valence-electron chi connectivity index (χ0n) is 16.4. The molecule has 7 heteroatoms. The van der Waals surface area contributed by atoms with E-state index in [4.69, 9.17) is 5.26 Å². The monoisotopic (exact) mass is 408 g/mol. The lowest BCUT2D eigenvalue weighted by atomic mass is 10.0. The zero-order chi connectivity index (χ0) is 21.3. The lowest BCUT2D eigenvalue weighted by Gasteiger charge is -2.24. The van der Waals surface area contributed by atoms with Gasteiger partial charge in [0.25, 0.3) is 0 Å². The standard InChI is InChI=1S/C22H27F3N2O2/c23-22(24,25)18-10-6-8-17(16-18)9-7-11-20(28)19-12-13-21(29)27(19)15-5-3-1-2-4-14-26/h6,8,10-11,16,19,28H,1-5,7,9,12-13,15H2/t19-/m1/s1. The number of nitriles is 1. The summed E-state index contributed by atoms with van der Waals surface area (Å²) < 4.78 is 38.4. The van der Waals surface area contributed by atoms with Crippen molar-refractivity contribution in [2.24, 2.45) is 0 Å². The summed E-state index contributed by atoms with van der Waals surface area (Å²) in [5.74, 6) is 0.136. The van der Waals surface area contributed by atoms with E-state index >= 15 is 0 Å². The van der Waals surface area contributed by atoms with E-state index in [0.717, 1.165) is 37.8 Å². The maximum Gasteiger partial charge on any atom is 0.416 e.